The van der Waals surface area contributed by atoms with Crippen LogP contribution in [0.4, 0.5) is 13.2 Å². The Hall–Kier alpha value is -2.35. The van der Waals surface area contributed by atoms with Gasteiger partial charge in [-0.05, 0) is 25.0 Å². The molecule has 2 heterocycles. The van der Waals surface area contributed by atoms with Crippen LogP contribution in [-0.4, -0.2) is 10.1 Å². The summed E-state index contributed by atoms with van der Waals surface area (Å²) in [5.41, 5.74) is -0.688. The van der Waals surface area contributed by atoms with Crippen molar-refractivity contribution >= 4 is 22.3 Å². The molecule has 132 valence electrons. The summed E-state index contributed by atoms with van der Waals surface area (Å²) >= 11 is 0.953. The molecule has 4 nitrogen and oxygen atoms in total. The number of phenolic OH excluding ortho intramolecular Hbond substituents is 1. The molecule has 0 unspecified atom stereocenters. The fourth-order valence-electron chi connectivity index (χ4n) is 2.61. The van der Waals surface area contributed by atoms with Crippen molar-refractivity contribution in [3.05, 3.63) is 44.8 Å². The van der Waals surface area contributed by atoms with Gasteiger partial charge in [-0.3, -0.25) is 4.79 Å². The molecule has 25 heavy (non-hydrogen) atoms. The van der Waals surface area contributed by atoms with Crippen molar-refractivity contribution in [3.8, 4) is 16.3 Å². The number of fused-ring (bicyclic) bond motifs is 1. The van der Waals surface area contributed by atoms with E-state index in [1.807, 2.05) is 6.92 Å². The van der Waals surface area contributed by atoms with Crippen LogP contribution >= 0.6 is 11.3 Å². The van der Waals surface area contributed by atoms with E-state index in [9.17, 15) is 23.1 Å². The number of nitrogens with zero attached hydrogens (tertiary/aromatic N) is 1. The van der Waals surface area contributed by atoms with Crippen LogP contribution in [0, 0.1) is 6.92 Å². The van der Waals surface area contributed by atoms with E-state index in [4.69, 9.17) is 4.42 Å². The molecule has 0 radical (unpaired) electrons. The van der Waals surface area contributed by atoms with Crippen molar-refractivity contribution in [2.24, 2.45) is 0 Å². The van der Waals surface area contributed by atoms with E-state index in [2.05, 4.69) is 4.98 Å². The minimum Gasteiger partial charge on any atom is -0.508 e. The van der Waals surface area contributed by atoms with Crippen molar-refractivity contribution in [1.82, 2.24) is 4.98 Å². The molecule has 1 N–H and O–H groups in total. The van der Waals surface area contributed by atoms with E-state index in [1.54, 1.807) is 12.3 Å². The topological polar surface area (TPSA) is 63.3 Å². The lowest BCUT2D eigenvalue weighted by Crippen LogP contribution is -2.16. The molecule has 0 fully saturated rings. The highest BCUT2D eigenvalue weighted by Crippen LogP contribution is 2.39. The number of benzene rings is 1. The van der Waals surface area contributed by atoms with Gasteiger partial charge in [-0.1, -0.05) is 13.3 Å². The highest BCUT2D eigenvalue weighted by molar-refractivity contribution is 7.13. The van der Waals surface area contributed by atoms with E-state index in [1.165, 1.54) is 6.07 Å². The number of aromatic nitrogens is 1. The maximum atomic E-state index is 13.4. The molecule has 0 aliphatic rings. The lowest BCUT2D eigenvalue weighted by Gasteiger charge is -2.12. The van der Waals surface area contributed by atoms with Crippen LogP contribution in [0.15, 0.2) is 26.7 Å². The van der Waals surface area contributed by atoms with Crippen molar-refractivity contribution in [2.45, 2.75) is 32.9 Å². The number of thiazole rings is 1. The zero-order valence-corrected chi connectivity index (χ0v) is 14.2. The first-order chi connectivity index (χ1) is 11.7. The first-order valence-corrected chi connectivity index (χ1v) is 8.42. The third-order valence-corrected chi connectivity index (χ3v) is 4.68. The van der Waals surface area contributed by atoms with E-state index in [0.717, 1.165) is 17.4 Å². The Balaban J connectivity index is 2.41. The van der Waals surface area contributed by atoms with Crippen LogP contribution in [0.2, 0.25) is 0 Å². The molecular formula is C17H14F3NO3S. The summed E-state index contributed by atoms with van der Waals surface area (Å²) in [6.45, 7) is 3.52. The van der Waals surface area contributed by atoms with Gasteiger partial charge in [0.25, 0.3) is 0 Å². The minimum atomic E-state index is -4.86. The summed E-state index contributed by atoms with van der Waals surface area (Å²) in [5.74, 6) is -1.59. The van der Waals surface area contributed by atoms with Gasteiger partial charge in [0.05, 0.1) is 5.39 Å². The summed E-state index contributed by atoms with van der Waals surface area (Å²) in [5, 5.41) is 11.5. The average Bonchev–Trinajstić information content (AvgIpc) is 2.94. The standard InChI is InChI=1S/C17H14F3NO3S/c1-3-4-9-5-10-12(6-11(9)22)24-15(17(18,19)20)13(14(10)23)16-21-8(2)7-25-16/h5-7,22H,3-4H2,1-2H3. The summed E-state index contributed by atoms with van der Waals surface area (Å²) in [6.07, 6.45) is -3.66. The number of aryl methyl sites for hydroxylation is 2. The summed E-state index contributed by atoms with van der Waals surface area (Å²) in [7, 11) is 0. The number of halogens is 3. The predicted octanol–water partition coefficient (Wildman–Crippen LogP) is 4.90. The molecule has 0 aliphatic heterocycles. The maximum absolute atomic E-state index is 13.4. The van der Waals surface area contributed by atoms with Gasteiger partial charge in [0.15, 0.2) is 0 Å². The third kappa shape index (κ3) is 3.13. The highest BCUT2D eigenvalue weighted by atomic mass is 32.1. The van der Waals surface area contributed by atoms with Gasteiger partial charge in [0.1, 0.15) is 21.9 Å². The SMILES string of the molecule is CCCc1cc2c(=O)c(-c3nc(C)cs3)c(C(F)(F)F)oc2cc1O. The van der Waals surface area contributed by atoms with Crippen LogP contribution in [0.1, 0.15) is 30.4 Å². The molecule has 3 aromatic rings. The molecule has 0 saturated carbocycles. The first-order valence-electron chi connectivity index (χ1n) is 7.54. The van der Waals surface area contributed by atoms with E-state index in [0.29, 0.717) is 24.1 Å². The number of rotatable bonds is 3. The Morgan fingerprint density at radius 2 is 2.04 bits per heavy atom. The summed E-state index contributed by atoms with van der Waals surface area (Å²) in [4.78, 5) is 16.8. The molecule has 3 rings (SSSR count). The lowest BCUT2D eigenvalue weighted by atomic mass is 10.0. The second kappa shape index (κ2) is 6.18. The Morgan fingerprint density at radius 1 is 1.32 bits per heavy atom. The molecule has 8 heteroatoms. The molecule has 0 saturated heterocycles. The Kier molecular flexibility index (Phi) is 4.32. The van der Waals surface area contributed by atoms with Gasteiger partial charge in [-0.25, -0.2) is 4.98 Å². The highest BCUT2D eigenvalue weighted by Gasteiger charge is 2.40. The van der Waals surface area contributed by atoms with Crippen LogP contribution < -0.4 is 5.43 Å². The minimum absolute atomic E-state index is 0.00268. The number of phenols is 1. The van der Waals surface area contributed by atoms with Gasteiger partial charge in [-0.15, -0.1) is 11.3 Å². The zero-order chi connectivity index (χ0) is 18.4. The lowest BCUT2D eigenvalue weighted by molar-refractivity contribution is -0.152. The molecule has 0 aliphatic carbocycles. The quantitative estimate of drug-likeness (QED) is 0.713. The zero-order valence-electron chi connectivity index (χ0n) is 13.4. The molecule has 0 amide bonds. The fraction of sp³-hybridized carbons (Fsp3) is 0.294. The van der Waals surface area contributed by atoms with Crippen LogP contribution in [-0.2, 0) is 12.6 Å². The normalized spacial score (nSPS) is 12.0. The smallest absolute Gasteiger partial charge is 0.450 e. The van der Waals surface area contributed by atoms with E-state index in [-0.39, 0.29) is 21.7 Å². The van der Waals surface area contributed by atoms with Gasteiger partial charge in [0, 0.05) is 17.1 Å². The molecule has 0 atom stereocenters. The van der Waals surface area contributed by atoms with E-state index >= 15 is 0 Å². The van der Waals surface area contributed by atoms with Gasteiger partial charge < -0.3 is 9.52 Å². The van der Waals surface area contributed by atoms with Crippen LogP contribution in [0.3, 0.4) is 0 Å². The summed E-state index contributed by atoms with van der Waals surface area (Å²) < 4.78 is 45.3. The maximum Gasteiger partial charge on any atom is 0.450 e. The van der Waals surface area contributed by atoms with E-state index < -0.39 is 22.9 Å². The number of hydrogen-bond donors (Lipinski definition) is 1. The second-order valence-electron chi connectivity index (χ2n) is 5.65. The van der Waals surface area contributed by atoms with Crippen LogP contribution in [0.5, 0.6) is 5.75 Å². The Morgan fingerprint density at radius 3 is 2.60 bits per heavy atom. The summed E-state index contributed by atoms with van der Waals surface area (Å²) in [6, 6.07) is 2.46. The monoisotopic (exact) mass is 369 g/mol. The Labute approximate surface area is 144 Å². The number of alkyl halides is 3. The number of aromatic hydroxyl groups is 1. The van der Waals surface area contributed by atoms with Gasteiger partial charge in [0.2, 0.25) is 11.2 Å². The molecular weight excluding hydrogens is 355 g/mol. The van der Waals surface area contributed by atoms with Gasteiger partial charge in [-0.2, -0.15) is 13.2 Å². The molecule has 0 spiro atoms. The Bertz CT molecular complexity index is 1000. The molecule has 1 aromatic carbocycles. The predicted molar refractivity (Wildman–Crippen MR) is 89.0 cm³/mol. The van der Waals surface area contributed by atoms with Crippen molar-refractivity contribution in [3.63, 3.8) is 0 Å². The van der Waals surface area contributed by atoms with Crippen molar-refractivity contribution < 1.29 is 22.7 Å². The number of hydrogen-bond acceptors (Lipinski definition) is 5. The van der Waals surface area contributed by atoms with Crippen molar-refractivity contribution in [2.75, 3.05) is 0 Å². The fourth-order valence-corrected chi connectivity index (χ4v) is 3.44. The largest absolute Gasteiger partial charge is 0.508 e. The molecule has 2 aromatic heterocycles. The van der Waals surface area contributed by atoms with Gasteiger partial charge >= 0.3 is 6.18 Å². The molecule has 0 bridgehead atoms. The third-order valence-electron chi connectivity index (χ3n) is 3.70. The first kappa shape index (κ1) is 17.5. The van der Waals surface area contributed by atoms with Crippen molar-refractivity contribution in [1.29, 1.82) is 0 Å². The second-order valence-corrected chi connectivity index (χ2v) is 6.51. The van der Waals surface area contributed by atoms with Crippen LogP contribution in [0.25, 0.3) is 21.5 Å². The average molecular weight is 369 g/mol.